The van der Waals surface area contributed by atoms with Gasteiger partial charge in [0.2, 0.25) is 0 Å². The van der Waals surface area contributed by atoms with Crippen molar-refractivity contribution in [3.8, 4) is 0 Å². The SMILES string of the molecule is CC1=[Si](Cl)C(C)C(C2(Cl)C=CC=CC2)=C1c1ccccc1. The number of allylic oxidation sites excluding steroid dienone is 6. The van der Waals surface area contributed by atoms with E-state index in [4.69, 9.17) is 22.7 Å². The summed E-state index contributed by atoms with van der Waals surface area (Å²) in [7, 11) is -1.07. The molecular weight excluding hydrogens is 315 g/mol. The molecule has 1 aromatic rings. The van der Waals surface area contributed by atoms with E-state index in [1.54, 1.807) is 0 Å². The first kappa shape index (κ1) is 15.0. The molecule has 0 saturated heterocycles. The van der Waals surface area contributed by atoms with Crippen molar-refractivity contribution >= 4 is 41.1 Å². The second-order valence-electron chi connectivity index (χ2n) is 5.70. The van der Waals surface area contributed by atoms with Gasteiger partial charge in [-0.25, -0.2) is 0 Å². The summed E-state index contributed by atoms with van der Waals surface area (Å²) in [4.78, 5) is -0.429. The predicted octanol–water partition coefficient (Wildman–Crippen LogP) is 5.34. The number of rotatable bonds is 2. The van der Waals surface area contributed by atoms with Crippen molar-refractivity contribution in [2.75, 3.05) is 0 Å². The van der Waals surface area contributed by atoms with Crippen LogP contribution in [-0.4, -0.2) is 17.8 Å². The average molecular weight is 333 g/mol. The monoisotopic (exact) mass is 332 g/mol. The first-order chi connectivity index (χ1) is 10.0. The number of halogens is 2. The Morgan fingerprint density at radius 2 is 1.90 bits per heavy atom. The predicted molar refractivity (Wildman–Crippen MR) is 96.6 cm³/mol. The Kier molecular flexibility index (Phi) is 4.09. The van der Waals surface area contributed by atoms with E-state index in [1.165, 1.54) is 21.9 Å². The summed E-state index contributed by atoms with van der Waals surface area (Å²) in [5, 5.41) is 1.33. The molecule has 0 spiro atoms. The van der Waals surface area contributed by atoms with Gasteiger partial charge in [0.25, 0.3) is 0 Å². The van der Waals surface area contributed by atoms with Crippen LogP contribution in [0.2, 0.25) is 5.54 Å². The van der Waals surface area contributed by atoms with Gasteiger partial charge in [-0.3, -0.25) is 0 Å². The molecule has 1 aromatic carbocycles. The fraction of sp³-hybridized carbons (Fsp3) is 0.278. The fourth-order valence-corrected chi connectivity index (χ4v) is 6.27. The minimum atomic E-state index is -1.07. The number of hydrogen-bond donors (Lipinski definition) is 0. The molecule has 1 aliphatic heterocycles. The molecule has 0 fully saturated rings. The molecule has 3 heteroatoms. The van der Waals surface area contributed by atoms with Gasteiger partial charge in [0.15, 0.2) is 0 Å². The lowest BCUT2D eigenvalue weighted by atomic mass is 9.83. The highest BCUT2D eigenvalue weighted by Crippen LogP contribution is 2.48. The minimum Gasteiger partial charge on any atom is -0.138 e. The molecule has 1 aliphatic carbocycles. The summed E-state index contributed by atoms with van der Waals surface area (Å²) in [5.41, 5.74) is 4.18. The largest absolute Gasteiger partial charge is 0.138 e. The summed E-state index contributed by atoms with van der Waals surface area (Å²) >= 11 is 13.8. The van der Waals surface area contributed by atoms with Crippen LogP contribution in [0.5, 0.6) is 0 Å². The van der Waals surface area contributed by atoms with Crippen LogP contribution in [0, 0.1) is 0 Å². The second-order valence-corrected chi connectivity index (χ2v) is 9.91. The minimum absolute atomic E-state index is 0.348. The van der Waals surface area contributed by atoms with Gasteiger partial charge in [-0.05, 0) is 35.2 Å². The zero-order valence-electron chi connectivity index (χ0n) is 12.2. The number of alkyl halides is 1. The van der Waals surface area contributed by atoms with Crippen LogP contribution >= 0.6 is 22.7 Å². The van der Waals surface area contributed by atoms with Crippen LogP contribution in [0.15, 0.2) is 60.2 Å². The first-order valence-corrected chi connectivity index (χ1v) is 10.2. The Morgan fingerprint density at radius 1 is 1.19 bits per heavy atom. The van der Waals surface area contributed by atoms with E-state index in [0.29, 0.717) is 5.54 Å². The molecule has 2 atom stereocenters. The molecule has 0 radical (unpaired) electrons. The maximum Gasteiger partial charge on any atom is 0.135 e. The lowest BCUT2D eigenvalue weighted by molar-refractivity contribution is 0.777. The van der Waals surface area contributed by atoms with Crippen molar-refractivity contribution < 1.29 is 0 Å². The van der Waals surface area contributed by atoms with Crippen LogP contribution in [0.25, 0.3) is 5.57 Å². The summed E-state index contributed by atoms with van der Waals surface area (Å²) in [6.45, 7) is 4.40. The highest BCUT2D eigenvalue weighted by molar-refractivity contribution is 7.14. The smallest absolute Gasteiger partial charge is 0.135 e. The van der Waals surface area contributed by atoms with E-state index in [9.17, 15) is 0 Å². The molecule has 3 rings (SSSR count). The lowest BCUT2D eigenvalue weighted by Crippen LogP contribution is -2.25. The van der Waals surface area contributed by atoms with Crippen LogP contribution in [0.3, 0.4) is 0 Å². The Bertz CT molecular complexity index is 682. The molecule has 0 nitrogen and oxygen atoms in total. The Labute approximate surface area is 137 Å². The highest BCUT2D eigenvalue weighted by atomic mass is 35.6. The maximum absolute atomic E-state index is 7.00. The van der Waals surface area contributed by atoms with Gasteiger partial charge in [-0.1, -0.05) is 61.6 Å². The normalized spacial score (nSPS) is 28.7. The highest BCUT2D eigenvalue weighted by Gasteiger charge is 2.40. The number of hydrogen-bond acceptors (Lipinski definition) is 0. The molecule has 2 unspecified atom stereocenters. The molecule has 0 amide bonds. The molecule has 0 N–H and O–H groups in total. The van der Waals surface area contributed by atoms with Gasteiger partial charge >= 0.3 is 0 Å². The second kappa shape index (κ2) is 5.72. The van der Waals surface area contributed by atoms with E-state index in [0.717, 1.165) is 6.42 Å². The quantitative estimate of drug-likeness (QED) is 0.389. The van der Waals surface area contributed by atoms with Crippen molar-refractivity contribution in [1.29, 1.82) is 0 Å². The molecule has 2 aliphatic rings. The number of benzene rings is 1. The van der Waals surface area contributed by atoms with Gasteiger partial charge < -0.3 is 0 Å². The standard InChI is InChI=1S/C18H18Cl2Si/c1-13-16(15-9-5-3-6-10-15)17(14(2)21(13)20)18(19)11-7-4-8-12-18/h3-11,14H,12H2,1-2H3. The molecule has 0 aromatic heterocycles. The van der Waals surface area contributed by atoms with Crippen LogP contribution < -0.4 is 0 Å². The lowest BCUT2D eigenvalue weighted by Gasteiger charge is -2.30. The van der Waals surface area contributed by atoms with E-state index in [1.807, 2.05) is 12.1 Å². The van der Waals surface area contributed by atoms with Gasteiger partial charge in [0, 0.05) is 5.54 Å². The molecule has 108 valence electrons. The molecule has 0 saturated carbocycles. The summed E-state index contributed by atoms with van der Waals surface area (Å²) in [5.74, 6) is 0. The van der Waals surface area contributed by atoms with Crippen LogP contribution in [-0.2, 0) is 0 Å². The Hall–Kier alpha value is -0.893. The zero-order chi connectivity index (χ0) is 15.0. The van der Waals surface area contributed by atoms with E-state index in [-0.39, 0.29) is 0 Å². The fourth-order valence-electron chi connectivity index (χ4n) is 3.33. The third kappa shape index (κ3) is 2.52. The van der Waals surface area contributed by atoms with Crippen molar-refractivity contribution in [1.82, 2.24) is 0 Å². The van der Waals surface area contributed by atoms with Crippen LogP contribution in [0.4, 0.5) is 0 Å². The molecule has 1 heterocycles. The van der Waals surface area contributed by atoms with Crippen molar-refractivity contribution in [2.45, 2.75) is 30.7 Å². The van der Waals surface area contributed by atoms with Gasteiger partial charge in [0.05, 0.1) is 4.87 Å². The third-order valence-corrected chi connectivity index (χ3v) is 8.68. The summed E-state index contributed by atoms with van der Waals surface area (Å²) in [6, 6.07) is 10.5. The average Bonchev–Trinajstić information content (AvgIpc) is 2.74. The molecule has 21 heavy (non-hydrogen) atoms. The Morgan fingerprint density at radius 3 is 2.52 bits per heavy atom. The van der Waals surface area contributed by atoms with Gasteiger partial charge in [-0.15, -0.1) is 22.7 Å². The van der Waals surface area contributed by atoms with Crippen molar-refractivity contribution in [2.24, 2.45) is 0 Å². The van der Waals surface area contributed by atoms with Gasteiger partial charge in [0.1, 0.15) is 7.72 Å². The molecular formula is C18H18Cl2Si. The van der Waals surface area contributed by atoms with Crippen molar-refractivity contribution in [3.63, 3.8) is 0 Å². The summed E-state index contributed by atoms with van der Waals surface area (Å²) in [6.07, 6.45) is 9.21. The maximum atomic E-state index is 7.00. The molecule has 0 bridgehead atoms. The van der Waals surface area contributed by atoms with Crippen molar-refractivity contribution in [3.05, 3.63) is 65.8 Å². The van der Waals surface area contributed by atoms with E-state index < -0.39 is 12.6 Å². The van der Waals surface area contributed by atoms with Gasteiger partial charge in [-0.2, -0.15) is 0 Å². The van der Waals surface area contributed by atoms with E-state index in [2.05, 4.69) is 56.3 Å². The van der Waals surface area contributed by atoms with Crippen LogP contribution in [0.1, 0.15) is 25.8 Å². The third-order valence-electron chi connectivity index (χ3n) is 4.35. The Balaban J connectivity index is 2.21. The van der Waals surface area contributed by atoms with E-state index >= 15 is 0 Å². The first-order valence-electron chi connectivity index (χ1n) is 7.24. The summed E-state index contributed by atoms with van der Waals surface area (Å²) < 4.78 is 0. The topological polar surface area (TPSA) is 0 Å². The zero-order valence-corrected chi connectivity index (χ0v) is 14.7.